The molecular formula is C12H22O. The topological polar surface area (TPSA) is 17.1 Å². The smallest absolute Gasteiger partial charge is 0.136 e. The zero-order chi connectivity index (χ0) is 9.68. The van der Waals surface area contributed by atoms with E-state index in [9.17, 15) is 4.79 Å². The van der Waals surface area contributed by atoms with Crippen LogP contribution in [0, 0.1) is 11.8 Å². The summed E-state index contributed by atoms with van der Waals surface area (Å²) in [5.74, 6) is 1.59. The zero-order valence-corrected chi connectivity index (χ0v) is 9.01. The Morgan fingerprint density at radius 2 is 2.23 bits per heavy atom. The summed E-state index contributed by atoms with van der Waals surface area (Å²) in [5, 5.41) is 0. The second kappa shape index (κ2) is 5.41. The quantitative estimate of drug-likeness (QED) is 0.594. The molecule has 76 valence electrons. The van der Waals surface area contributed by atoms with Gasteiger partial charge in [0.25, 0.3) is 0 Å². The Morgan fingerprint density at radius 3 is 2.77 bits per heavy atom. The minimum atomic E-state index is 0.414. The van der Waals surface area contributed by atoms with Crippen molar-refractivity contribution in [3.8, 4) is 0 Å². The molecule has 0 N–H and O–H groups in total. The third kappa shape index (κ3) is 3.13. The van der Waals surface area contributed by atoms with Crippen LogP contribution in [-0.4, -0.2) is 5.78 Å². The van der Waals surface area contributed by atoms with Gasteiger partial charge in [0.05, 0.1) is 0 Å². The van der Waals surface area contributed by atoms with Crippen molar-refractivity contribution in [2.75, 3.05) is 0 Å². The first kappa shape index (κ1) is 10.7. The van der Waals surface area contributed by atoms with Gasteiger partial charge in [-0.25, -0.2) is 0 Å². The molecule has 0 aromatic heterocycles. The van der Waals surface area contributed by atoms with E-state index in [0.717, 1.165) is 19.3 Å². The Morgan fingerprint density at radius 1 is 1.46 bits per heavy atom. The third-order valence-electron chi connectivity index (χ3n) is 3.30. The van der Waals surface area contributed by atoms with Crippen molar-refractivity contribution in [2.45, 2.75) is 58.8 Å². The van der Waals surface area contributed by atoms with Crippen molar-refractivity contribution in [2.24, 2.45) is 11.8 Å². The molecule has 1 rings (SSSR count). The fourth-order valence-electron chi connectivity index (χ4n) is 2.36. The molecule has 0 bridgehead atoms. The van der Waals surface area contributed by atoms with Gasteiger partial charge in [0, 0.05) is 12.3 Å². The van der Waals surface area contributed by atoms with Gasteiger partial charge in [-0.3, -0.25) is 4.79 Å². The maximum Gasteiger partial charge on any atom is 0.136 e. The average molecular weight is 182 g/mol. The Hall–Kier alpha value is -0.330. The first-order valence-corrected chi connectivity index (χ1v) is 5.78. The molecule has 1 heteroatoms. The molecule has 0 saturated heterocycles. The summed E-state index contributed by atoms with van der Waals surface area (Å²) in [6.45, 7) is 4.48. The lowest BCUT2D eigenvalue weighted by atomic mass is 9.87. The molecule has 1 aliphatic carbocycles. The van der Waals surface area contributed by atoms with Gasteiger partial charge in [-0.1, -0.05) is 39.5 Å². The summed E-state index contributed by atoms with van der Waals surface area (Å²) in [6, 6.07) is 0. The standard InChI is InChI=1S/C12H22O/c1-3-4-5-7-10(2)11-8-6-9-12(11)13/h10-11H,3-9H2,1-2H3. The average Bonchev–Trinajstić information content (AvgIpc) is 2.52. The molecule has 2 atom stereocenters. The summed E-state index contributed by atoms with van der Waals surface area (Å²) in [5.41, 5.74) is 0. The number of hydrogen-bond acceptors (Lipinski definition) is 1. The number of carbonyl (C=O) groups is 1. The lowest BCUT2D eigenvalue weighted by Crippen LogP contribution is -2.15. The molecule has 1 aliphatic rings. The molecule has 0 spiro atoms. The van der Waals surface area contributed by atoms with E-state index < -0.39 is 0 Å². The van der Waals surface area contributed by atoms with Gasteiger partial charge >= 0.3 is 0 Å². The van der Waals surface area contributed by atoms with E-state index in [1.165, 1.54) is 25.7 Å². The molecule has 0 radical (unpaired) electrons. The normalized spacial score (nSPS) is 25.1. The molecule has 13 heavy (non-hydrogen) atoms. The lowest BCUT2D eigenvalue weighted by Gasteiger charge is -2.16. The van der Waals surface area contributed by atoms with Crippen LogP contribution >= 0.6 is 0 Å². The predicted molar refractivity (Wildman–Crippen MR) is 55.7 cm³/mol. The number of Topliss-reactive ketones (excluding diaryl/α,β-unsaturated/α-hetero) is 1. The van der Waals surface area contributed by atoms with Gasteiger partial charge in [-0.15, -0.1) is 0 Å². The van der Waals surface area contributed by atoms with Crippen LogP contribution in [0.4, 0.5) is 0 Å². The van der Waals surface area contributed by atoms with Crippen LogP contribution in [-0.2, 0) is 4.79 Å². The van der Waals surface area contributed by atoms with Crippen LogP contribution in [0.25, 0.3) is 0 Å². The lowest BCUT2D eigenvalue weighted by molar-refractivity contribution is -0.121. The maximum atomic E-state index is 11.4. The van der Waals surface area contributed by atoms with Crippen LogP contribution in [0.1, 0.15) is 58.8 Å². The Labute approximate surface area is 81.9 Å². The molecule has 0 amide bonds. The summed E-state index contributed by atoms with van der Waals surface area (Å²) in [6.07, 6.45) is 8.32. The molecular weight excluding hydrogens is 160 g/mol. The van der Waals surface area contributed by atoms with Crippen molar-refractivity contribution in [3.63, 3.8) is 0 Å². The SMILES string of the molecule is CCCCCC(C)C1CCCC1=O. The highest BCUT2D eigenvalue weighted by atomic mass is 16.1. The summed E-state index contributed by atoms with van der Waals surface area (Å²) in [7, 11) is 0. The van der Waals surface area contributed by atoms with Crippen molar-refractivity contribution in [3.05, 3.63) is 0 Å². The van der Waals surface area contributed by atoms with E-state index in [0.29, 0.717) is 17.6 Å². The number of rotatable bonds is 5. The van der Waals surface area contributed by atoms with Gasteiger partial charge in [-0.2, -0.15) is 0 Å². The molecule has 0 heterocycles. The minimum absolute atomic E-state index is 0.414. The van der Waals surface area contributed by atoms with Crippen LogP contribution in [0.5, 0.6) is 0 Å². The number of unbranched alkanes of at least 4 members (excludes halogenated alkanes) is 2. The van der Waals surface area contributed by atoms with Crippen molar-refractivity contribution in [1.82, 2.24) is 0 Å². The van der Waals surface area contributed by atoms with Crippen LogP contribution in [0.2, 0.25) is 0 Å². The van der Waals surface area contributed by atoms with Crippen molar-refractivity contribution < 1.29 is 4.79 Å². The molecule has 0 aliphatic heterocycles. The van der Waals surface area contributed by atoms with Crippen LogP contribution in [0.3, 0.4) is 0 Å². The molecule has 1 saturated carbocycles. The highest BCUT2D eigenvalue weighted by molar-refractivity contribution is 5.83. The van der Waals surface area contributed by atoms with Gasteiger partial charge in [0.1, 0.15) is 5.78 Å². The van der Waals surface area contributed by atoms with E-state index in [2.05, 4.69) is 13.8 Å². The Kier molecular flexibility index (Phi) is 4.47. The summed E-state index contributed by atoms with van der Waals surface area (Å²) >= 11 is 0. The monoisotopic (exact) mass is 182 g/mol. The van der Waals surface area contributed by atoms with E-state index >= 15 is 0 Å². The fourth-order valence-corrected chi connectivity index (χ4v) is 2.36. The fraction of sp³-hybridized carbons (Fsp3) is 0.917. The minimum Gasteiger partial charge on any atom is -0.299 e. The molecule has 1 fully saturated rings. The number of ketones is 1. The zero-order valence-electron chi connectivity index (χ0n) is 9.01. The van der Waals surface area contributed by atoms with Gasteiger partial charge < -0.3 is 0 Å². The Bertz CT molecular complexity index is 163. The van der Waals surface area contributed by atoms with E-state index in [-0.39, 0.29) is 0 Å². The molecule has 1 nitrogen and oxygen atoms in total. The highest BCUT2D eigenvalue weighted by Crippen LogP contribution is 2.30. The first-order chi connectivity index (χ1) is 6.25. The largest absolute Gasteiger partial charge is 0.299 e. The summed E-state index contributed by atoms with van der Waals surface area (Å²) < 4.78 is 0. The van der Waals surface area contributed by atoms with Crippen LogP contribution < -0.4 is 0 Å². The number of hydrogen-bond donors (Lipinski definition) is 0. The molecule has 2 unspecified atom stereocenters. The van der Waals surface area contributed by atoms with Gasteiger partial charge in [0.15, 0.2) is 0 Å². The maximum absolute atomic E-state index is 11.4. The molecule has 0 aromatic rings. The van der Waals surface area contributed by atoms with Crippen molar-refractivity contribution >= 4 is 5.78 Å². The van der Waals surface area contributed by atoms with E-state index in [1.54, 1.807) is 0 Å². The van der Waals surface area contributed by atoms with Crippen molar-refractivity contribution in [1.29, 1.82) is 0 Å². The van der Waals surface area contributed by atoms with E-state index in [4.69, 9.17) is 0 Å². The van der Waals surface area contributed by atoms with Gasteiger partial charge in [-0.05, 0) is 18.8 Å². The third-order valence-corrected chi connectivity index (χ3v) is 3.30. The van der Waals surface area contributed by atoms with E-state index in [1.807, 2.05) is 0 Å². The number of carbonyl (C=O) groups excluding carboxylic acids is 1. The molecule has 0 aromatic carbocycles. The van der Waals surface area contributed by atoms with Gasteiger partial charge in [0.2, 0.25) is 0 Å². The second-order valence-corrected chi connectivity index (χ2v) is 4.44. The first-order valence-electron chi connectivity index (χ1n) is 5.78. The second-order valence-electron chi connectivity index (χ2n) is 4.44. The van der Waals surface area contributed by atoms with Crippen LogP contribution in [0.15, 0.2) is 0 Å². The summed E-state index contributed by atoms with van der Waals surface area (Å²) in [4.78, 5) is 11.4. The Balaban J connectivity index is 2.22. The predicted octanol–water partition coefficient (Wildman–Crippen LogP) is 3.57. The highest BCUT2D eigenvalue weighted by Gasteiger charge is 2.28.